The standard InChI is InChI=1S/C22H23NO3/c1-4-6-13-26-22(25)18-11-12-23-19(18)14-15(3)20(23)21(24)17-9-7-16(5-2)8-10-17/h2,7-10,14,18H,4,6,11-13H2,1,3H3. The molecule has 4 heteroatoms. The number of hydrogen-bond donors (Lipinski definition) is 0. The summed E-state index contributed by atoms with van der Waals surface area (Å²) >= 11 is 0. The van der Waals surface area contributed by atoms with E-state index in [2.05, 4.69) is 12.8 Å². The minimum atomic E-state index is -0.282. The summed E-state index contributed by atoms with van der Waals surface area (Å²) in [7, 11) is 0. The number of aryl methyl sites for hydroxylation is 1. The van der Waals surface area contributed by atoms with Crippen molar-refractivity contribution >= 4 is 11.8 Å². The van der Waals surface area contributed by atoms with Crippen LogP contribution in [0, 0.1) is 19.3 Å². The maximum absolute atomic E-state index is 13.0. The van der Waals surface area contributed by atoms with Gasteiger partial charge < -0.3 is 9.30 Å². The lowest BCUT2D eigenvalue weighted by atomic mass is 10.0. The van der Waals surface area contributed by atoms with Gasteiger partial charge >= 0.3 is 5.97 Å². The number of ketones is 1. The van der Waals surface area contributed by atoms with Crippen LogP contribution in [0.25, 0.3) is 0 Å². The molecule has 3 rings (SSSR count). The van der Waals surface area contributed by atoms with Gasteiger partial charge in [0.05, 0.1) is 18.2 Å². The van der Waals surface area contributed by atoms with Crippen molar-refractivity contribution in [3.05, 3.63) is 58.4 Å². The highest BCUT2D eigenvalue weighted by atomic mass is 16.5. The molecular formula is C22H23NO3. The third-order valence-corrected chi connectivity index (χ3v) is 4.87. The third kappa shape index (κ3) is 3.30. The number of benzene rings is 1. The van der Waals surface area contributed by atoms with Crippen LogP contribution in [0.5, 0.6) is 0 Å². The second-order valence-electron chi connectivity index (χ2n) is 6.67. The fraction of sp³-hybridized carbons (Fsp3) is 0.364. The number of terminal acetylenes is 1. The fourth-order valence-corrected chi connectivity index (χ4v) is 3.46. The molecule has 0 fully saturated rings. The molecule has 0 aliphatic carbocycles. The first-order chi connectivity index (χ1) is 12.6. The first kappa shape index (κ1) is 18.0. The molecule has 0 bridgehead atoms. The van der Waals surface area contributed by atoms with Crippen molar-refractivity contribution in [2.45, 2.75) is 45.6 Å². The van der Waals surface area contributed by atoms with Crippen molar-refractivity contribution in [2.75, 3.05) is 6.61 Å². The molecule has 0 spiro atoms. The number of aromatic nitrogens is 1. The van der Waals surface area contributed by atoms with Crippen molar-refractivity contribution in [2.24, 2.45) is 0 Å². The molecule has 0 N–H and O–H groups in total. The van der Waals surface area contributed by atoms with E-state index >= 15 is 0 Å². The Hall–Kier alpha value is -2.80. The van der Waals surface area contributed by atoms with Crippen LogP contribution in [-0.2, 0) is 16.1 Å². The summed E-state index contributed by atoms with van der Waals surface area (Å²) in [6.07, 6.45) is 7.91. The van der Waals surface area contributed by atoms with Gasteiger partial charge in [0.25, 0.3) is 0 Å². The number of fused-ring (bicyclic) bond motifs is 1. The predicted molar refractivity (Wildman–Crippen MR) is 100 cm³/mol. The molecule has 1 atom stereocenters. The number of esters is 1. The van der Waals surface area contributed by atoms with E-state index in [9.17, 15) is 9.59 Å². The summed E-state index contributed by atoms with van der Waals surface area (Å²) in [5.74, 6) is 2.04. The minimum absolute atomic E-state index is 0.0441. The first-order valence-electron chi connectivity index (χ1n) is 9.04. The molecule has 1 aliphatic heterocycles. The van der Waals surface area contributed by atoms with E-state index < -0.39 is 0 Å². The molecule has 1 aromatic carbocycles. The molecule has 1 unspecified atom stereocenters. The van der Waals surface area contributed by atoms with Crippen LogP contribution in [0.4, 0.5) is 0 Å². The number of nitrogens with zero attached hydrogens (tertiary/aromatic N) is 1. The average Bonchev–Trinajstić information content (AvgIpc) is 3.19. The van der Waals surface area contributed by atoms with E-state index in [1.165, 1.54) is 0 Å². The van der Waals surface area contributed by atoms with E-state index in [-0.39, 0.29) is 17.7 Å². The molecule has 0 radical (unpaired) electrons. The number of ether oxygens (including phenoxy) is 1. The number of unbranched alkanes of at least 4 members (excludes halogenated alkanes) is 1. The zero-order valence-corrected chi connectivity index (χ0v) is 15.2. The Labute approximate surface area is 154 Å². The third-order valence-electron chi connectivity index (χ3n) is 4.87. The van der Waals surface area contributed by atoms with Gasteiger partial charge in [-0.05, 0) is 55.7 Å². The van der Waals surface area contributed by atoms with Crippen molar-refractivity contribution in [3.63, 3.8) is 0 Å². The molecule has 1 aromatic heterocycles. The lowest BCUT2D eigenvalue weighted by molar-refractivity contribution is -0.145. The highest BCUT2D eigenvalue weighted by Gasteiger charge is 2.34. The maximum Gasteiger partial charge on any atom is 0.315 e. The lowest BCUT2D eigenvalue weighted by Crippen LogP contribution is -2.14. The summed E-state index contributed by atoms with van der Waals surface area (Å²) in [6.45, 7) is 5.08. The maximum atomic E-state index is 13.0. The van der Waals surface area contributed by atoms with Gasteiger partial charge in [0, 0.05) is 23.4 Å². The lowest BCUT2D eigenvalue weighted by Gasteiger charge is -2.09. The van der Waals surface area contributed by atoms with Gasteiger partial charge in [-0.2, -0.15) is 0 Å². The Morgan fingerprint density at radius 1 is 1.31 bits per heavy atom. The van der Waals surface area contributed by atoms with Gasteiger partial charge in [0.15, 0.2) is 0 Å². The number of hydrogen-bond acceptors (Lipinski definition) is 3. The van der Waals surface area contributed by atoms with Gasteiger partial charge in [-0.15, -0.1) is 6.42 Å². The topological polar surface area (TPSA) is 48.3 Å². The van der Waals surface area contributed by atoms with Crippen molar-refractivity contribution < 1.29 is 14.3 Å². The van der Waals surface area contributed by atoms with Gasteiger partial charge in [0.1, 0.15) is 0 Å². The van der Waals surface area contributed by atoms with E-state index in [0.717, 1.165) is 29.7 Å². The normalized spacial score (nSPS) is 15.3. The minimum Gasteiger partial charge on any atom is -0.465 e. The fourth-order valence-electron chi connectivity index (χ4n) is 3.46. The zero-order valence-electron chi connectivity index (χ0n) is 15.2. The molecule has 2 aromatic rings. The summed E-state index contributed by atoms with van der Waals surface area (Å²) in [5, 5.41) is 0. The second kappa shape index (κ2) is 7.61. The highest BCUT2D eigenvalue weighted by Crippen LogP contribution is 2.34. The van der Waals surface area contributed by atoms with Gasteiger partial charge in [-0.3, -0.25) is 9.59 Å². The summed E-state index contributed by atoms with van der Waals surface area (Å²) in [6, 6.07) is 8.99. The molecule has 0 saturated heterocycles. The van der Waals surface area contributed by atoms with Crippen LogP contribution in [0.1, 0.15) is 65.0 Å². The predicted octanol–water partition coefficient (Wildman–Crippen LogP) is 3.84. The number of rotatable bonds is 6. The highest BCUT2D eigenvalue weighted by molar-refractivity contribution is 6.09. The Bertz CT molecular complexity index is 868. The van der Waals surface area contributed by atoms with Crippen LogP contribution < -0.4 is 0 Å². The molecule has 4 nitrogen and oxygen atoms in total. The molecule has 0 amide bonds. The molecule has 134 valence electrons. The van der Waals surface area contributed by atoms with E-state index in [0.29, 0.717) is 30.8 Å². The Balaban J connectivity index is 1.85. The van der Waals surface area contributed by atoms with Crippen molar-refractivity contribution in [1.82, 2.24) is 4.57 Å². The van der Waals surface area contributed by atoms with Crippen LogP contribution in [0.2, 0.25) is 0 Å². The molecule has 1 aliphatic rings. The van der Waals surface area contributed by atoms with E-state index in [1.807, 2.05) is 17.6 Å². The Morgan fingerprint density at radius 3 is 2.69 bits per heavy atom. The molecule has 0 saturated carbocycles. The summed E-state index contributed by atoms with van der Waals surface area (Å²) in [5.41, 5.74) is 3.76. The van der Waals surface area contributed by atoms with Crippen molar-refractivity contribution in [3.8, 4) is 12.3 Å². The molecule has 26 heavy (non-hydrogen) atoms. The number of carbonyl (C=O) groups is 2. The monoisotopic (exact) mass is 349 g/mol. The smallest absolute Gasteiger partial charge is 0.315 e. The van der Waals surface area contributed by atoms with E-state index in [1.54, 1.807) is 24.3 Å². The van der Waals surface area contributed by atoms with Crippen LogP contribution >= 0.6 is 0 Å². The van der Waals surface area contributed by atoms with Crippen molar-refractivity contribution in [1.29, 1.82) is 0 Å². The first-order valence-corrected chi connectivity index (χ1v) is 9.04. The van der Waals surface area contributed by atoms with Gasteiger partial charge in [-0.25, -0.2) is 0 Å². The van der Waals surface area contributed by atoms with Crippen LogP contribution in [0.3, 0.4) is 0 Å². The Morgan fingerprint density at radius 2 is 2.04 bits per heavy atom. The van der Waals surface area contributed by atoms with Gasteiger partial charge in [-0.1, -0.05) is 19.3 Å². The summed E-state index contributed by atoms with van der Waals surface area (Å²) < 4.78 is 7.36. The zero-order chi connectivity index (χ0) is 18.7. The van der Waals surface area contributed by atoms with Crippen LogP contribution in [-0.4, -0.2) is 22.9 Å². The van der Waals surface area contributed by atoms with Gasteiger partial charge in [0.2, 0.25) is 5.78 Å². The average molecular weight is 349 g/mol. The quantitative estimate of drug-likeness (QED) is 0.345. The molecular weight excluding hydrogens is 326 g/mol. The number of carbonyl (C=O) groups excluding carboxylic acids is 2. The molecule has 2 heterocycles. The largest absolute Gasteiger partial charge is 0.465 e. The Kier molecular flexibility index (Phi) is 5.27. The SMILES string of the molecule is C#Cc1ccc(C(=O)c2c(C)cc3n2CCC3C(=O)OCCCC)cc1. The van der Waals surface area contributed by atoms with E-state index in [4.69, 9.17) is 11.2 Å². The second-order valence-corrected chi connectivity index (χ2v) is 6.67. The summed E-state index contributed by atoms with van der Waals surface area (Å²) in [4.78, 5) is 25.4. The van der Waals surface area contributed by atoms with Crippen LogP contribution in [0.15, 0.2) is 30.3 Å².